The molecule has 0 N–H and O–H groups in total. The van der Waals surface area contributed by atoms with Gasteiger partial charge in [0.1, 0.15) is 11.3 Å². The van der Waals surface area contributed by atoms with Crippen LogP contribution in [0.2, 0.25) is 0 Å². The summed E-state index contributed by atoms with van der Waals surface area (Å²) in [6, 6.07) is 44.6. The molecule has 18 radical (unpaired) electrons. The maximum absolute atomic E-state index is 11.8. The SMILES string of the molecule is C.C.C.C.C.C.CC.CC.CC.CC.CC.CC.CC.CC.CC.CC.CC.CC.CC.CC.CC.CC.CC.CC.CCc1ccc(CC)c2c1OCO2.CCc1ccc2c(c1)CCN2CC.CCc1ccc2cc(CC)ccc2c1.CCc1ccc2nc(CC)cnc2c1.CCc1ccc2nc(CC)cnc2c1.CCc1ccc2oc(CC)cc(=O)c2c1.[B].[B].[B].[B].[B].[B]. The minimum absolute atomic E-state index is 0. The lowest BCUT2D eigenvalue weighted by atomic mass is 10.0. The Morgan fingerprint density at radius 1 is 0.298 bits per heavy atom. The monoisotopic (exact) mass is 1810 g/mol. The minimum atomic E-state index is 0. The highest BCUT2D eigenvalue weighted by Crippen LogP contribution is 2.39. The van der Waals surface area contributed by atoms with E-state index in [2.05, 4.69) is 204 Å². The Kier molecular flexibility index (Phi) is 204. The van der Waals surface area contributed by atoms with Gasteiger partial charge >= 0.3 is 0 Å². The number of aromatic nitrogens is 4. The Morgan fingerprint density at radius 2 is 0.588 bits per heavy atom. The van der Waals surface area contributed by atoms with Gasteiger partial charge in [-0.05, 0) is 181 Å². The second kappa shape index (κ2) is 143. The van der Waals surface area contributed by atoms with Crippen LogP contribution < -0.4 is 19.8 Å². The smallest absolute Gasteiger partial charge is 0.231 e. The van der Waals surface area contributed by atoms with Gasteiger partial charge in [0.05, 0.1) is 38.8 Å². The lowest BCUT2D eigenvalue weighted by Gasteiger charge is -2.16. The number of hydrogen-bond donors (Lipinski definition) is 0. The van der Waals surface area contributed by atoms with Gasteiger partial charge in [0.15, 0.2) is 16.9 Å². The highest BCUT2D eigenvalue weighted by atomic mass is 16.7. The van der Waals surface area contributed by atoms with Crippen molar-refractivity contribution in [2.75, 3.05) is 24.8 Å². The fourth-order valence-corrected chi connectivity index (χ4v) is 10.1. The van der Waals surface area contributed by atoms with Crippen LogP contribution in [0, 0.1) is 0 Å². The standard InChI is InChI=1S/C14H16.C13H14O2.2C12H14N2.C12H17N.C11H14O2.18C2H6.6CH4.6B/c1-3-11-5-7-14-10-12(4-2)6-8-13(14)9-11;1-3-9-5-6-13-11(7-9)12(14)8-10(4-2)15-13;2*1-3-9-5-6-11-12(7-9)13-8-10(4-2)14-11;1-3-10-5-6-12-11(9-10)7-8-13(12)4-2;1-3-8-5-6-9(4-2)11-10(8)12-7-13-11;18*1-2;;;;;;;;;;;;/h5-10H,3-4H2,1-2H3;5-8H,3-4H2,1-2H3;2*5-8H,3-4H2,1-2H3;5-6,9H,3-4,7-8H2,1-2H3;5-6H,3-4,7H2,1-2H3;18*1-2H3;6*1H4;;;;;;. The normalized spacial score (nSPS) is 8.29. The molecule has 0 fully saturated rings. The first-order valence-corrected chi connectivity index (χ1v) is 48.8. The van der Waals surface area contributed by atoms with Gasteiger partial charge in [-0.1, -0.05) is 449 Å². The van der Waals surface area contributed by atoms with Crippen LogP contribution in [0.25, 0.3) is 43.8 Å². The first-order chi connectivity index (χ1) is 58.4. The average Bonchev–Trinajstić information content (AvgIpc) is 1.55. The van der Waals surface area contributed by atoms with Gasteiger partial charge in [-0.15, -0.1) is 0 Å². The summed E-state index contributed by atoms with van der Waals surface area (Å²) >= 11 is 0. The van der Waals surface area contributed by atoms with E-state index in [1.54, 1.807) is 11.6 Å². The zero-order chi connectivity index (χ0) is 95.3. The predicted octanol–water partition coefficient (Wildman–Crippen LogP) is 37.6. The van der Waals surface area contributed by atoms with Crippen LogP contribution in [0.4, 0.5) is 5.69 Å². The number of fused-ring (bicyclic) bond motifs is 6. The van der Waals surface area contributed by atoms with Gasteiger partial charge in [0.2, 0.25) is 6.79 Å². The van der Waals surface area contributed by atoms with E-state index >= 15 is 0 Å². The Balaban J connectivity index is -0.0000000437. The van der Waals surface area contributed by atoms with Crippen molar-refractivity contribution in [3.05, 3.63) is 217 Å². The van der Waals surface area contributed by atoms with E-state index in [1.165, 1.54) is 73.9 Å². The summed E-state index contributed by atoms with van der Waals surface area (Å²) in [5, 5.41) is 3.41. The molecule has 0 saturated carbocycles. The van der Waals surface area contributed by atoms with Gasteiger partial charge < -0.3 is 18.8 Å². The zero-order valence-electron chi connectivity index (χ0n) is 91.2. The number of likely N-dealkylation sites (N-methyl/N-ethyl adjacent to an activating group) is 1. The second-order valence-electron chi connectivity index (χ2n) is 20.9. The summed E-state index contributed by atoms with van der Waals surface area (Å²) in [7, 11) is 0. The molecule has 0 saturated heterocycles. The lowest BCUT2D eigenvalue weighted by molar-refractivity contribution is 0.172. The number of ether oxygens (including phenoxy) is 2. The van der Waals surface area contributed by atoms with Crippen molar-refractivity contribution in [2.45, 2.75) is 454 Å². The van der Waals surface area contributed by atoms with Gasteiger partial charge in [0, 0.05) is 94.1 Å². The van der Waals surface area contributed by atoms with Gasteiger partial charge in [0.25, 0.3) is 0 Å². The minimum Gasteiger partial charge on any atom is -0.461 e. The van der Waals surface area contributed by atoms with E-state index < -0.39 is 0 Å². The summed E-state index contributed by atoms with van der Waals surface area (Å²) in [6.45, 7) is 100. The molecule has 0 amide bonds. The van der Waals surface area contributed by atoms with E-state index in [1.807, 2.05) is 287 Å². The summed E-state index contributed by atoms with van der Waals surface area (Å²) in [5.41, 5.74) is 20.5. The zero-order valence-corrected chi connectivity index (χ0v) is 91.2. The van der Waals surface area contributed by atoms with Crippen LogP contribution in [-0.4, -0.2) is 90.3 Å². The Hall–Kier alpha value is -7.52. The number of benzene rings is 7. The summed E-state index contributed by atoms with van der Waals surface area (Å²) in [5.74, 6) is 2.67. The fourth-order valence-electron chi connectivity index (χ4n) is 10.1. The summed E-state index contributed by atoms with van der Waals surface area (Å²) < 4.78 is 16.5. The van der Waals surface area contributed by atoms with E-state index in [-0.39, 0.29) is 100 Å². The van der Waals surface area contributed by atoms with Crippen molar-refractivity contribution in [3.8, 4) is 11.5 Å². The Morgan fingerprint density at radius 3 is 0.885 bits per heavy atom. The largest absolute Gasteiger partial charge is 0.461 e. The van der Waals surface area contributed by atoms with Crippen molar-refractivity contribution in [1.29, 1.82) is 0 Å². The van der Waals surface area contributed by atoms with Gasteiger partial charge in [-0.3, -0.25) is 14.8 Å². The highest BCUT2D eigenvalue weighted by molar-refractivity contribution is 5.84. The molecule has 5 heterocycles. The van der Waals surface area contributed by atoms with E-state index in [9.17, 15) is 4.79 Å². The molecule has 7 aromatic carbocycles. The van der Waals surface area contributed by atoms with Crippen LogP contribution >= 0.6 is 0 Å². The van der Waals surface area contributed by atoms with E-state index in [4.69, 9.17) is 13.9 Å². The average molecular weight is 1810 g/mol. The Bertz CT molecular complexity index is 3450. The third kappa shape index (κ3) is 76.5. The lowest BCUT2D eigenvalue weighted by Crippen LogP contribution is -2.18. The van der Waals surface area contributed by atoms with Gasteiger partial charge in [-0.2, -0.15) is 0 Å². The molecule has 0 aliphatic carbocycles. The molecule has 3 aromatic heterocycles. The third-order valence-corrected chi connectivity index (χ3v) is 15.6. The van der Waals surface area contributed by atoms with Crippen LogP contribution in [0.5, 0.6) is 11.5 Å². The number of aryl methyl sites for hydroxylation is 11. The van der Waals surface area contributed by atoms with E-state index in [0.717, 1.165) is 128 Å². The second-order valence-corrected chi connectivity index (χ2v) is 20.9. The van der Waals surface area contributed by atoms with Crippen LogP contribution in [-0.2, 0) is 77.0 Å². The predicted molar refractivity (Wildman–Crippen MR) is 628 cm³/mol. The topological polar surface area (TPSA) is 103 Å². The molecule has 0 bridgehead atoms. The molecule has 0 unspecified atom stereocenters. The summed E-state index contributed by atoms with van der Waals surface area (Å²) in [4.78, 5) is 32.0. The maximum atomic E-state index is 11.8. The summed E-state index contributed by atoms with van der Waals surface area (Å²) in [6.07, 6.45) is 16.0. The molecule has 12 rings (SSSR count). The maximum Gasteiger partial charge on any atom is 0.231 e. The molecule has 2 aliphatic rings. The molecule has 0 spiro atoms. The molecular formula is C116H221B6N5O4. The van der Waals surface area contributed by atoms with Gasteiger partial charge in [-0.25, -0.2) is 9.97 Å². The molecule has 752 valence electrons. The third-order valence-electron chi connectivity index (χ3n) is 15.6. The van der Waals surface area contributed by atoms with Crippen molar-refractivity contribution in [3.63, 3.8) is 0 Å². The molecule has 131 heavy (non-hydrogen) atoms. The molecule has 15 heteroatoms. The van der Waals surface area contributed by atoms with Crippen molar-refractivity contribution >= 4 is 100.0 Å². The molecule has 10 aromatic rings. The molecular weight excluding hydrogens is 1590 g/mol. The number of rotatable bonds is 12. The fraction of sp³-hybridized carbons (Fsp3) is 0.595. The first-order valence-electron chi connectivity index (χ1n) is 48.8. The van der Waals surface area contributed by atoms with E-state index in [0.29, 0.717) is 17.8 Å². The number of anilines is 1. The first kappa shape index (κ1) is 187. The van der Waals surface area contributed by atoms with Crippen LogP contribution in [0.3, 0.4) is 0 Å². The van der Waals surface area contributed by atoms with Crippen LogP contribution in [0.1, 0.15) is 444 Å². The highest BCUT2D eigenvalue weighted by Gasteiger charge is 2.20. The Labute approximate surface area is 836 Å². The quantitative estimate of drug-likeness (QED) is 0.111. The molecule has 2 aliphatic heterocycles. The van der Waals surface area contributed by atoms with Crippen molar-refractivity contribution in [1.82, 2.24) is 19.9 Å². The van der Waals surface area contributed by atoms with Crippen LogP contribution in [0.15, 0.2) is 149 Å². The number of hydrogen-bond acceptors (Lipinski definition) is 9. The molecule has 9 nitrogen and oxygen atoms in total. The van der Waals surface area contributed by atoms with Crippen molar-refractivity contribution in [2.24, 2.45) is 0 Å². The molecule has 0 atom stereocenters. The number of nitrogens with zero attached hydrogens (tertiary/aromatic N) is 5. The van der Waals surface area contributed by atoms with Crippen molar-refractivity contribution < 1.29 is 13.9 Å².